The molecule has 38 nitrogen and oxygen atoms in total. The number of benzene rings is 7. The molecular formula is C104H136Ac2O38. The van der Waals surface area contributed by atoms with Gasteiger partial charge in [-0.3, -0.25) is 0 Å². The van der Waals surface area contributed by atoms with E-state index in [2.05, 4.69) is 0 Å². The first-order chi connectivity index (χ1) is 69.5. The number of carbonyl (C=O) groups excluding carboxylic acids is 2. The summed E-state index contributed by atoms with van der Waals surface area (Å²) in [5, 5.41) is 36.8. The monoisotopic (exact) mass is 2450 g/mol. The minimum Gasteiger partial charge on any atom is -0.459 e. The number of carbonyl (C=O) groups is 2. The van der Waals surface area contributed by atoms with E-state index in [-0.39, 0.29) is 161 Å². The minimum atomic E-state index is -1.91. The van der Waals surface area contributed by atoms with Gasteiger partial charge in [-0.1, -0.05) is 212 Å². The third-order valence-corrected chi connectivity index (χ3v) is 26.1. The van der Waals surface area contributed by atoms with Crippen LogP contribution in [0.4, 0.5) is 0 Å². The SMILES string of the molecule is COC[C@@H]1O[C@H](O[C@H]2C(OC)C(OC)[C@H](O[C@@H]3C(COCc4ccccc4)O[C@@H](O[C@@H]4C(C(=O)OCc5ccccc5)O[C@@H](O[C@H]5C(O)C(OCc6ccccc6)[C@@H](O[C@H]6C(OC)C(OC)[C@@H](O[C@@H]7C(COCc8ccccc8)O[C@H](OC)C(OCc8ccccc8)[C@H]7OCc7ccccc7)O[C@H]6C(=O)OCc6ccccc6)O[C@H]5CO)C(OC)[C@H]4OC)C(OC)[C@H]3OC)O[C@H]2COC)C(OC)C(OC)[C@@H]1O.[Ac].[Ac]. The molecule has 0 amide bonds. The van der Waals surface area contributed by atoms with Gasteiger partial charge in [-0.2, -0.15) is 0 Å². The van der Waals surface area contributed by atoms with Crippen molar-refractivity contribution in [1.29, 1.82) is 0 Å². The molecule has 0 aliphatic carbocycles. The van der Waals surface area contributed by atoms with Crippen molar-refractivity contribution >= 4 is 11.9 Å². The Morgan fingerprint density at radius 3 is 0.833 bits per heavy atom. The largest absolute Gasteiger partial charge is 0.459 e. The van der Waals surface area contributed by atoms with E-state index in [4.69, 9.17) is 156 Å². The van der Waals surface area contributed by atoms with Crippen LogP contribution in [0.5, 0.6) is 0 Å². The summed E-state index contributed by atoms with van der Waals surface area (Å²) in [7, 11) is 18.6. The van der Waals surface area contributed by atoms with Crippen molar-refractivity contribution in [2.75, 3.05) is 125 Å². The van der Waals surface area contributed by atoms with Crippen molar-refractivity contribution in [3.63, 3.8) is 0 Å². The van der Waals surface area contributed by atoms with E-state index in [1.807, 2.05) is 140 Å². The summed E-state index contributed by atoms with van der Waals surface area (Å²) >= 11 is 0. The van der Waals surface area contributed by atoms with Crippen LogP contribution in [0.15, 0.2) is 212 Å². The molecule has 7 aromatic rings. The van der Waals surface area contributed by atoms with E-state index in [1.165, 1.54) is 92.4 Å². The fourth-order valence-electron chi connectivity index (χ4n) is 19.0. The molecule has 7 aliphatic rings. The molecule has 35 atom stereocenters. The van der Waals surface area contributed by atoms with E-state index in [0.717, 1.165) is 22.3 Å². The maximum Gasteiger partial charge on any atom is 0.338 e. The first kappa shape index (κ1) is 118. The van der Waals surface area contributed by atoms with E-state index in [0.29, 0.717) is 16.7 Å². The van der Waals surface area contributed by atoms with E-state index in [1.54, 1.807) is 72.8 Å². The summed E-state index contributed by atoms with van der Waals surface area (Å²) in [4.78, 5) is 31.2. The zero-order valence-corrected chi connectivity index (χ0v) is 92.7. The van der Waals surface area contributed by atoms with Crippen LogP contribution in [0.3, 0.4) is 0 Å². The molecule has 144 heavy (non-hydrogen) atoms. The minimum absolute atomic E-state index is 0. The molecular weight excluding hydrogens is 2310 g/mol. The second-order valence-corrected chi connectivity index (χ2v) is 35.0. The summed E-state index contributed by atoms with van der Waals surface area (Å²) < 4.78 is 217. The molecule has 14 rings (SSSR count). The molecule has 3 N–H and O–H groups in total. The molecule has 0 bridgehead atoms. The third kappa shape index (κ3) is 30.1. The van der Waals surface area contributed by atoms with Gasteiger partial charge in [-0.05, 0) is 38.9 Å². The van der Waals surface area contributed by atoms with Crippen LogP contribution in [0, 0.1) is 88.1 Å². The summed E-state index contributed by atoms with van der Waals surface area (Å²) in [5.74, 6) is -1.97. The van der Waals surface area contributed by atoms with Crippen molar-refractivity contribution in [3.8, 4) is 0 Å². The quantitative estimate of drug-likeness (QED) is 0.0328. The van der Waals surface area contributed by atoms with Crippen LogP contribution >= 0.6 is 0 Å². The van der Waals surface area contributed by atoms with Gasteiger partial charge in [0.05, 0.1) is 66.1 Å². The van der Waals surface area contributed by atoms with Gasteiger partial charge in [0.1, 0.15) is 172 Å². The molecule has 786 valence electrons. The van der Waals surface area contributed by atoms with Crippen LogP contribution in [-0.2, 0) is 212 Å². The van der Waals surface area contributed by atoms with Crippen LogP contribution in [0.25, 0.3) is 0 Å². The molecule has 0 aromatic heterocycles. The fourth-order valence-corrected chi connectivity index (χ4v) is 19.0. The Labute approximate surface area is 911 Å². The Hall–Kier alpha value is -5.00. The van der Waals surface area contributed by atoms with Crippen molar-refractivity contribution in [2.45, 2.75) is 261 Å². The topological polar surface area (TPSA) is 399 Å². The Morgan fingerprint density at radius 2 is 0.493 bits per heavy atom. The van der Waals surface area contributed by atoms with Crippen LogP contribution < -0.4 is 0 Å². The maximum absolute atomic E-state index is 15.6. The molecule has 2 radical (unpaired) electrons. The number of hydrogen-bond acceptors (Lipinski definition) is 38. The van der Waals surface area contributed by atoms with Crippen LogP contribution in [-0.4, -0.2) is 368 Å². The average molecular weight is 2450 g/mol. The summed E-state index contributed by atoms with van der Waals surface area (Å²) in [5.41, 5.74) is 5.22. The standard InChI is InChI=1S/C104H136O38.2Ac/c1-110-57-69-73(106)79(112-3)90(117-8)100(131-69)136-76-70(58-111-2)133-101(91(118-9)81(76)113-4)137-77-71(59-123-50-61-35-21-14-22-36-61)134-102(92(119-10)82(77)114-5)140-87-84(116-7)93(120-11)103(141-89(87)97(109)129-56-67-47-33-20-34-48-67)135-75-68(49-105)130-99(80(74(75)107)125-52-63-39-25-16-26-40-63)139-86-83(115-6)94(121-12)104(142-88(86)96(108)128-55-66-45-31-19-32-46-66)138-78-72(60-124-51-62-37-23-15-24-38-62)132-98(122-13)95(127-54-65-43-29-18-30-44-65)85(78)126-53-64-41-27-17-28-42-64;;/h14-48,68-95,98-107H,49-60H2,1-13H3;;/t68-,69-,70-,71?,72?,73+,74?,75+,76+,77+,78+,79?,80?,81?,82-,83?,84-,85-,86-,87-,88+,89?,90?,91?,92?,93?,94?,95?,98-,99+,100+,101-,102-,103+,104-;;/m0../s1. The van der Waals surface area contributed by atoms with Gasteiger partial charge in [0.25, 0.3) is 0 Å². The first-order valence-corrected chi connectivity index (χ1v) is 47.4. The van der Waals surface area contributed by atoms with Crippen LogP contribution in [0.2, 0.25) is 0 Å². The number of hydrogen-bond donors (Lipinski definition) is 3. The number of ether oxygens (including phenoxy) is 33. The summed E-state index contributed by atoms with van der Waals surface area (Å²) in [6.07, 6.45) is -46.9. The zero-order chi connectivity index (χ0) is 100.0. The van der Waals surface area contributed by atoms with E-state index >= 15 is 9.59 Å². The maximum atomic E-state index is 15.6. The van der Waals surface area contributed by atoms with Crippen molar-refractivity contribution in [1.82, 2.24) is 0 Å². The second-order valence-electron chi connectivity index (χ2n) is 35.0. The van der Waals surface area contributed by atoms with Gasteiger partial charge in [0.15, 0.2) is 56.2 Å². The Balaban J connectivity index is 0.00000924. The Bertz CT molecular complexity index is 4730. The Kier molecular flexibility index (Phi) is 49.4. The number of aliphatic hydroxyl groups is 3. The molecule has 7 aliphatic heterocycles. The number of esters is 2. The molecule has 7 aromatic carbocycles. The molecule has 7 saturated heterocycles. The van der Waals surface area contributed by atoms with Gasteiger partial charge in [-0.15, -0.1) is 0 Å². The molecule has 0 spiro atoms. The second kappa shape index (κ2) is 60.4. The molecule has 7 fully saturated rings. The zero-order valence-electron chi connectivity index (χ0n) is 83.2. The van der Waals surface area contributed by atoms with Gasteiger partial charge in [0, 0.05) is 181 Å². The molecule has 7 heterocycles. The van der Waals surface area contributed by atoms with Gasteiger partial charge < -0.3 is 172 Å². The van der Waals surface area contributed by atoms with Crippen molar-refractivity contribution in [3.05, 3.63) is 251 Å². The average Bonchev–Trinajstić information content (AvgIpc) is 0.761. The van der Waals surface area contributed by atoms with E-state index in [9.17, 15) is 15.3 Å². The van der Waals surface area contributed by atoms with Gasteiger partial charge >= 0.3 is 11.9 Å². The fraction of sp³-hybridized carbons (Fsp3) is 0.577. The number of aliphatic hydroxyl groups excluding tert-OH is 3. The Morgan fingerprint density at radius 1 is 0.236 bits per heavy atom. The van der Waals surface area contributed by atoms with Crippen LogP contribution in [0.1, 0.15) is 38.9 Å². The third-order valence-electron chi connectivity index (χ3n) is 26.1. The predicted octanol–water partition coefficient (Wildman–Crippen LogP) is 6.85. The normalized spacial score (nSPS) is 34.0. The smallest absolute Gasteiger partial charge is 0.338 e. The number of rotatable bonds is 51. The first-order valence-electron chi connectivity index (χ1n) is 47.4. The van der Waals surface area contributed by atoms with E-state index < -0.39 is 233 Å². The predicted molar refractivity (Wildman–Crippen MR) is 497 cm³/mol. The van der Waals surface area contributed by atoms with Gasteiger partial charge in [-0.25, -0.2) is 9.59 Å². The summed E-state index contributed by atoms with van der Waals surface area (Å²) in [6.45, 7) is -1.63. The molecule has 0 saturated carbocycles. The molecule has 14 unspecified atom stereocenters. The van der Waals surface area contributed by atoms with Crippen molar-refractivity contribution < 1.29 is 269 Å². The molecule has 40 heteroatoms. The van der Waals surface area contributed by atoms with Gasteiger partial charge in [0.2, 0.25) is 0 Å². The van der Waals surface area contributed by atoms with Crippen molar-refractivity contribution in [2.24, 2.45) is 0 Å². The summed E-state index contributed by atoms with van der Waals surface area (Å²) in [6, 6.07) is 65.0. The number of methoxy groups -OCH3 is 13.